The molecular formula is C30H31BrN3O10P. The van der Waals surface area contributed by atoms with E-state index in [9.17, 15) is 23.7 Å². The van der Waals surface area contributed by atoms with Crippen molar-refractivity contribution in [1.82, 2.24) is 9.55 Å². The Morgan fingerprint density at radius 3 is 2.11 bits per heavy atom. The third-order valence-corrected chi connectivity index (χ3v) is 9.76. The van der Waals surface area contributed by atoms with E-state index in [2.05, 4.69) is 26.2 Å². The second kappa shape index (κ2) is 15.4. The van der Waals surface area contributed by atoms with Gasteiger partial charge in [0.2, 0.25) is 0 Å². The highest BCUT2D eigenvalue weighted by atomic mass is 79.9. The summed E-state index contributed by atoms with van der Waals surface area (Å²) in [5, 5.41) is 2.56. The highest BCUT2D eigenvalue weighted by Gasteiger charge is 2.51. The Labute approximate surface area is 267 Å². The van der Waals surface area contributed by atoms with Crippen LogP contribution < -0.4 is 11.0 Å². The van der Waals surface area contributed by atoms with Crippen molar-refractivity contribution in [3.05, 3.63) is 105 Å². The fourth-order valence-corrected chi connectivity index (χ4v) is 6.63. The Hall–Kier alpha value is -3.94. The van der Waals surface area contributed by atoms with Crippen molar-refractivity contribution in [2.75, 3.05) is 18.5 Å². The summed E-state index contributed by atoms with van der Waals surface area (Å²) in [4.78, 5) is 55.2. The molecule has 2 heterocycles. The van der Waals surface area contributed by atoms with Gasteiger partial charge in [-0.15, -0.1) is 0 Å². The van der Waals surface area contributed by atoms with Gasteiger partial charge in [0.1, 0.15) is 16.1 Å². The number of anilines is 1. The van der Waals surface area contributed by atoms with Crippen LogP contribution in [0.15, 0.2) is 88.0 Å². The lowest BCUT2D eigenvalue weighted by Crippen LogP contribution is -2.41. The van der Waals surface area contributed by atoms with Crippen molar-refractivity contribution in [1.29, 1.82) is 0 Å². The molecule has 13 nitrogen and oxygen atoms in total. The fraction of sp³-hybridized carbons (Fsp3) is 0.300. The van der Waals surface area contributed by atoms with Gasteiger partial charge in [0.15, 0.2) is 18.4 Å². The van der Waals surface area contributed by atoms with Crippen LogP contribution in [0.2, 0.25) is 0 Å². The average molecular weight is 704 g/mol. The molecule has 45 heavy (non-hydrogen) atoms. The van der Waals surface area contributed by atoms with Crippen molar-refractivity contribution >= 4 is 47.2 Å². The van der Waals surface area contributed by atoms with Gasteiger partial charge in [-0.1, -0.05) is 36.4 Å². The second-order valence-electron chi connectivity index (χ2n) is 9.45. The molecule has 15 heteroatoms. The van der Waals surface area contributed by atoms with Crippen LogP contribution in [0.1, 0.15) is 47.7 Å². The van der Waals surface area contributed by atoms with Gasteiger partial charge in [0, 0.05) is 18.7 Å². The van der Waals surface area contributed by atoms with Gasteiger partial charge in [-0.3, -0.25) is 18.7 Å². The first-order valence-corrected chi connectivity index (χ1v) is 16.2. The number of aromatic nitrogens is 2. The summed E-state index contributed by atoms with van der Waals surface area (Å²) in [5.74, 6) is -2.03. The smallest absolute Gasteiger partial charge is 0.367 e. The van der Waals surface area contributed by atoms with Crippen molar-refractivity contribution in [3.63, 3.8) is 0 Å². The van der Waals surface area contributed by atoms with Gasteiger partial charge in [-0.2, -0.15) is 4.98 Å². The highest BCUT2D eigenvalue weighted by Crippen LogP contribution is 2.59. The van der Waals surface area contributed by atoms with Crippen molar-refractivity contribution in [2.24, 2.45) is 0 Å². The van der Waals surface area contributed by atoms with E-state index >= 15 is 0 Å². The van der Waals surface area contributed by atoms with Crippen LogP contribution in [0.25, 0.3) is 0 Å². The first-order chi connectivity index (χ1) is 21.6. The number of amides is 1. The zero-order valence-electron chi connectivity index (χ0n) is 24.5. The summed E-state index contributed by atoms with van der Waals surface area (Å²) >= 11 is 3.26. The lowest BCUT2D eigenvalue weighted by atomic mass is 10.1. The number of benzene rings is 2. The molecule has 1 N–H and O–H groups in total. The Balaban J connectivity index is 1.72. The number of carbonyl (C=O) groups excluding carboxylic acids is 3. The summed E-state index contributed by atoms with van der Waals surface area (Å²) in [5.41, 5.74) is -0.303. The quantitative estimate of drug-likeness (QED) is 0.198. The second-order valence-corrected chi connectivity index (χ2v) is 12.9. The van der Waals surface area contributed by atoms with Gasteiger partial charge >= 0.3 is 25.2 Å². The lowest BCUT2D eigenvalue weighted by Gasteiger charge is -2.24. The average Bonchev–Trinajstić information content (AvgIpc) is 3.33. The monoisotopic (exact) mass is 703 g/mol. The van der Waals surface area contributed by atoms with E-state index < -0.39 is 55.7 Å². The molecule has 1 fully saturated rings. The molecule has 0 saturated carbocycles. The van der Waals surface area contributed by atoms with Crippen molar-refractivity contribution in [3.8, 4) is 0 Å². The van der Waals surface area contributed by atoms with Crippen molar-refractivity contribution < 1.29 is 42.2 Å². The minimum absolute atomic E-state index is 0.0314. The van der Waals surface area contributed by atoms with Crippen LogP contribution >= 0.6 is 23.5 Å². The lowest BCUT2D eigenvalue weighted by molar-refractivity contribution is -0.156. The number of nitrogens with zero attached hydrogens (tertiary/aromatic N) is 2. The molecule has 1 aromatic heterocycles. The van der Waals surface area contributed by atoms with Crippen molar-refractivity contribution in [2.45, 2.75) is 45.3 Å². The molecular weight excluding hydrogens is 673 g/mol. The molecule has 1 amide bonds. The van der Waals surface area contributed by atoms with Gasteiger partial charge in [-0.05, 0) is 66.2 Å². The number of hydrogen-bond donors (Lipinski definition) is 1. The first-order valence-electron chi connectivity index (χ1n) is 13.9. The number of rotatable bonds is 12. The number of esters is 2. The van der Waals surface area contributed by atoms with Gasteiger partial charge in [-0.25, -0.2) is 9.59 Å². The van der Waals surface area contributed by atoms with E-state index in [4.69, 9.17) is 23.3 Å². The largest absolute Gasteiger partial charge is 0.454 e. The zero-order valence-corrected chi connectivity index (χ0v) is 27.0. The number of nitrogens with one attached hydrogen (secondary N) is 1. The Kier molecular flexibility index (Phi) is 11.6. The fourth-order valence-electron chi connectivity index (χ4n) is 4.42. The Bertz CT molecular complexity index is 1640. The molecule has 4 rings (SSSR count). The van der Waals surface area contributed by atoms with Gasteiger partial charge < -0.3 is 28.6 Å². The molecule has 1 saturated heterocycles. The summed E-state index contributed by atoms with van der Waals surface area (Å²) in [6.45, 7) is 4.55. The van der Waals surface area contributed by atoms with E-state index in [1.54, 1.807) is 62.4 Å². The molecule has 238 valence electrons. The Morgan fingerprint density at radius 1 is 0.956 bits per heavy atom. The van der Waals surface area contributed by atoms with Crippen LogP contribution in [0.5, 0.6) is 0 Å². The van der Waals surface area contributed by atoms with E-state index in [-0.39, 0.29) is 28.8 Å². The maximum Gasteiger partial charge on any atom is 0.367 e. The third kappa shape index (κ3) is 8.41. The SMILES string of the molecule is CCOP(=O)(OCC)/C(Br)=C/[C@H]1O[C@@H](n2ccc(NC(=O)c3ccccc3)nc2=O)[C@H](OC(C)=O)[C@@H]1OC(=O)c1ccccc1. The number of ether oxygens (including phenoxy) is 3. The predicted octanol–water partition coefficient (Wildman–Crippen LogP) is 5.05. The maximum absolute atomic E-state index is 13.4. The first kappa shape index (κ1) is 33.9. The predicted molar refractivity (Wildman–Crippen MR) is 166 cm³/mol. The molecule has 0 spiro atoms. The molecule has 0 bridgehead atoms. The molecule has 3 aromatic rings. The summed E-state index contributed by atoms with van der Waals surface area (Å²) in [6.07, 6.45) is -2.67. The molecule has 0 unspecified atom stereocenters. The zero-order chi connectivity index (χ0) is 32.6. The summed E-state index contributed by atoms with van der Waals surface area (Å²) in [6, 6.07) is 17.8. The van der Waals surface area contributed by atoms with E-state index in [1.807, 2.05) is 0 Å². The third-order valence-electron chi connectivity index (χ3n) is 6.32. The highest BCUT2D eigenvalue weighted by molar-refractivity contribution is 9.13. The van der Waals surface area contributed by atoms with Gasteiger partial charge in [0.25, 0.3) is 5.91 Å². The molecule has 1 aliphatic rings. The number of hydrogen-bond acceptors (Lipinski definition) is 11. The molecule has 1 aliphatic heterocycles. The minimum atomic E-state index is -3.85. The summed E-state index contributed by atoms with van der Waals surface area (Å²) < 4.78 is 42.7. The van der Waals surface area contributed by atoms with Gasteiger partial charge in [0.05, 0.1) is 18.8 Å². The molecule has 4 atom stereocenters. The number of carbonyl (C=O) groups is 3. The van der Waals surface area contributed by atoms with E-state index in [1.165, 1.54) is 30.5 Å². The van der Waals surface area contributed by atoms with Crippen LogP contribution in [-0.4, -0.2) is 58.9 Å². The van der Waals surface area contributed by atoms with E-state index in [0.717, 1.165) is 11.5 Å². The molecule has 0 aliphatic carbocycles. The molecule has 2 aromatic carbocycles. The topological polar surface area (TPSA) is 161 Å². The Morgan fingerprint density at radius 2 is 1.56 bits per heavy atom. The number of halogens is 1. The van der Waals surface area contributed by atoms with Crippen LogP contribution in [-0.2, 0) is 32.6 Å². The minimum Gasteiger partial charge on any atom is -0.454 e. The van der Waals surface area contributed by atoms with E-state index in [0.29, 0.717) is 5.56 Å². The molecule has 0 radical (unpaired) electrons. The standard InChI is InChI=1S/C30H31BrN3O10P/c1-4-40-45(39,41-5-2)23(31)18-22-25(44-29(37)21-14-10-7-11-15-21)26(42-19(3)35)28(43-22)34-17-16-24(33-30(34)38)32-27(36)20-12-8-6-9-13-20/h6-18,22,25-26,28H,4-5H2,1-3H3,(H,32,33,36,38)/b23-18+/t22-,25-,26-,28-/m1/s1. The van der Waals surface area contributed by atoms with Crippen LogP contribution in [0, 0.1) is 0 Å². The maximum atomic E-state index is 13.4. The van der Waals surface area contributed by atoms with Crippen LogP contribution in [0.4, 0.5) is 5.82 Å². The van der Waals surface area contributed by atoms with Crippen LogP contribution in [0.3, 0.4) is 0 Å². The normalized spacial score (nSPS) is 20.0. The summed E-state index contributed by atoms with van der Waals surface area (Å²) in [7, 11) is -3.85.